The summed E-state index contributed by atoms with van der Waals surface area (Å²) in [6, 6.07) is 42.8. The maximum Gasteiger partial charge on any atom is 0.165 e. The van der Waals surface area contributed by atoms with Crippen LogP contribution in [0, 0.1) is 0 Å². The van der Waals surface area contributed by atoms with Crippen LogP contribution in [0.1, 0.15) is 0 Å². The van der Waals surface area contributed by atoms with E-state index >= 15 is 0 Å². The van der Waals surface area contributed by atoms with Crippen molar-refractivity contribution in [3.63, 3.8) is 0 Å². The highest BCUT2D eigenvalue weighted by atomic mass is 16.3. The van der Waals surface area contributed by atoms with Gasteiger partial charge in [-0.1, -0.05) is 103 Å². The molecule has 5 nitrogen and oxygen atoms in total. The van der Waals surface area contributed by atoms with Crippen molar-refractivity contribution < 1.29 is 4.42 Å². The summed E-state index contributed by atoms with van der Waals surface area (Å²) in [7, 11) is 0. The number of rotatable bonds is 4. The predicted octanol–water partition coefficient (Wildman–Crippen LogP) is 8.99. The number of hydrogen-bond acceptors (Lipinski definition) is 5. The molecule has 0 fully saturated rings. The van der Waals surface area contributed by atoms with Crippen molar-refractivity contribution in [1.82, 2.24) is 19.9 Å². The minimum absolute atomic E-state index is 0.570. The molecular formula is C36H22N4O. The molecule has 0 saturated heterocycles. The highest BCUT2D eigenvalue weighted by molar-refractivity contribution is 6.11. The molecule has 0 aliphatic rings. The van der Waals surface area contributed by atoms with E-state index in [2.05, 4.69) is 42.5 Å². The summed E-state index contributed by atoms with van der Waals surface area (Å²) in [5, 5.41) is 3.04. The van der Waals surface area contributed by atoms with Crippen molar-refractivity contribution in [3.8, 4) is 45.3 Å². The molecule has 0 saturated carbocycles. The first kappa shape index (κ1) is 23.2. The average Bonchev–Trinajstić information content (AvgIpc) is 3.44. The van der Waals surface area contributed by atoms with Crippen LogP contribution in [0.4, 0.5) is 0 Å². The van der Waals surface area contributed by atoms with Gasteiger partial charge in [0.05, 0.1) is 5.52 Å². The van der Waals surface area contributed by atoms with Crippen LogP contribution in [-0.4, -0.2) is 19.9 Å². The van der Waals surface area contributed by atoms with E-state index in [9.17, 15) is 0 Å². The molecule has 5 heteroatoms. The summed E-state index contributed by atoms with van der Waals surface area (Å²) in [4.78, 5) is 19.7. The van der Waals surface area contributed by atoms with Crippen LogP contribution in [0.15, 0.2) is 138 Å². The zero-order valence-electron chi connectivity index (χ0n) is 21.9. The lowest BCUT2D eigenvalue weighted by Gasteiger charge is -2.10. The molecule has 0 aliphatic carbocycles. The van der Waals surface area contributed by atoms with Crippen LogP contribution in [0.3, 0.4) is 0 Å². The van der Waals surface area contributed by atoms with Gasteiger partial charge in [0.25, 0.3) is 0 Å². The first-order valence-corrected chi connectivity index (χ1v) is 13.5. The third kappa shape index (κ3) is 4.12. The second-order valence-corrected chi connectivity index (χ2v) is 9.95. The Morgan fingerprint density at radius 1 is 0.463 bits per heavy atom. The summed E-state index contributed by atoms with van der Waals surface area (Å²) in [6.45, 7) is 0. The van der Waals surface area contributed by atoms with Crippen LogP contribution < -0.4 is 0 Å². The van der Waals surface area contributed by atoms with Crippen LogP contribution in [-0.2, 0) is 0 Å². The Morgan fingerprint density at radius 3 is 1.98 bits per heavy atom. The van der Waals surface area contributed by atoms with Crippen LogP contribution in [0.2, 0.25) is 0 Å². The normalized spacial score (nSPS) is 11.4. The first-order valence-electron chi connectivity index (χ1n) is 13.5. The summed E-state index contributed by atoms with van der Waals surface area (Å²) in [5.41, 5.74) is 7.49. The Hall–Kier alpha value is -5.68. The lowest BCUT2D eigenvalue weighted by molar-refractivity contribution is 0.669. The van der Waals surface area contributed by atoms with E-state index < -0.39 is 0 Å². The van der Waals surface area contributed by atoms with Gasteiger partial charge in [0.2, 0.25) is 0 Å². The van der Waals surface area contributed by atoms with Crippen LogP contribution >= 0.6 is 0 Å². The van der Waals surface area contributed by atoms with E-state index in [-0.39, 0.29) is 0 Å². The molecule has 192 valence electrons. The molecule has 0 bridgehead atoms. The summed E-state index contributed by atoms with van der Waals surface area (Å²) < 4.78 is 6.15. The van der Waals surface area contributed by atoms with E-state index in [1.165, 1.54) is 0 Å². The summed E-state index contributed by atoms with van der Waals surface area (Å²) in [6.07, 6.45) is 1.85. The minimum Gasteiger partial charge on any atom is -0.456 e. The maximum absolute atomic E-state index is 6.15. The smallest absolute Gasteiger partial charge is 0.165 e. The van der Waals surface area contributed by atoms with Gasteiger partial charge in [-0.3, -0.25) is 4.98 Å². The number of nitrogens with zero attached hydrogens (tertiary/aromatic N) is 4. The van der Waals surface area contributed by atoms with Crippen LogP contribution in [0.5, 0.6) is 0 Å². The van der Waals surface area contributed by atoms with Gasteiger partial charge in [-0.15, -0.1) is 0 Å². The highest BCUT2D eigenvalue weighted by Crippen LogP contribution is 2.36. The van der Waals surface area contributed by atoms with E-state index in [0.717, 1.165) is 60.7 Å². The predicted molar refractivity (Wildman–Crippen MR) is 164 cm³/mol. The van der Waals surface area contributed by atoms with E-state index in [0.29, 0.717) is 17.5 Å². The van der Waals surface area contributed by atoms with E-state index in [1.807, 2.05) is 91.1 Å². The average molecular weight is 527 g/mol. The van der Waals surface area contributed by atoms with Crippen molar-refractivity contribution in [2.45, 2.75) is 0 Å². The Balaban J connectivity index is 1.31. The molecule has 5 aromatic carbocycles. The Labute approximate surface area is 235 Å². The molecule has 3 heterocycles. The van der Waals surface area contributed by atoms with Gasteiger partial charge in [0.15, 0.2) is 17.5 Å². The number of para-hydroxylation sites is 1. The van der Waals surface area contributed by atoms with Crippen molar-refractivity contribution in [1.29, 1.82) is 0 Å². The lowest BCUT2D eigenvalue weighted by Crippen LogP contribution is -2.00. The molecular weight excluding hydrogens is 504 g/mol. The minimum atomic E-state index is 0.570. The monoisotopic (exact) mass is 526 g/mol. The van der Waals surface area contributed by atoms with Crippen LogP contribution in [0.25, 0.3) is 78.1 Å². The zero-order chi connectivity index (χ0) is 27.2. The largest absolute Gasteiger partial charge is 0.456 e. The third-order valence-electron chi connectivity index (χ3n) is 7.36. The molecule has 8 rings (SSSR count). The summed E-state index contributed by atoms with van der Waals surface area (Å²) >= 11 is 0. The first-order chi connectivity index (χ1) is 20.3. The Kier molecular flexibility index (Phi) is 5.38. The fourth-order valence-electron chi connectivity index (χ4n) is 5.36. The molecule has 8 aromatic rings. The second-order valence-electron chi connectivity index (χ2n) is 9.95. The number of fused-ring (bicyclic) bond motifs is 4. The lowest BCUT2D eigenvalue weighted by atomic mass is 10.0. The fourth-order valence-corrected chi connectivity index (χ4v) is 5.36. The van der Waals surface area contributed by atoms with Gasteiger partial charge >= 0.3 is 0 Å². The SMILES string of the molecule is c1ccc(-c2ccc3cc(-c4nc(-c5ccccc5)nc(-c5cccc6oc7ccccc7c56)n4)cnc3c2)cc1. The third-order valence-corrected chi connectivity index (χ3v) is 7.36. The fraction of sp³-hybridized carbons (Fsp3) is 0. The molecule has 0 radical (unpaired) electrons. The number of aromatic nitrogens is 4. The molecule has 41 heavy (non-hydrogen) atoms. The van der Waals surface area contributed by atoms with Crippen molar-refractivity contribution in [3.05, 3.63) is 134 Å². The number of furan rings is 1. The van der Waals surface area contributed by atoms with Gasteiger partial charge in [0.1, 0.15) is 11.2 Å². The summed E-state index contributed by atoms with van der Waals surface area (Å²) in [5.74, 6) is 1.76. The van der Waals surface area contributed by atoms with Crippen molar-refractivity contribution >= 4 is 32.8 Å². The van der Waals surface area contributed by atoms with Gasteiger partial charge in [-0.05, 0) is 35.4 Å². The molecule has 0 aliphatic heterocycles. The zero-order valence-corrected chi connectivity index (χ0v) is 21.9. The molecule has 0 unspecified atom stereocenters. The van der Waals surface area contributed by atoms with Gasteiger partial charge in [-0.2, -0.15) is 0 Å². The van der Waals surface area contributed by atoms with Gasteiger partial charge in [0, 0.05) is 39.0 Å². The molecule has 0 amide bonds. The highest BCUT2D eigenvalue weighted by Gasteiger charge is 2.18. The number of pyridine rings is 1. The number of benzene rings is 5. The molecule has 3 aromatic heterocycles. The standard InChI is InChI=1S/C36H22N4O/c1-3-10-23(11-4-1)25-18-19-26-20-27(22-37-30(26)21-25)35-38-34(24-12-5-2-6-13-24)39-36(40-35)29-15-9-17-32-33(29)28-14-7-8-16-31(28)41-32/h1-22H. The topological polar surface area (TPSA) is 64.7 Å². The Bertz CT molecular complexity index is 2210. The van der Waals surface area contributed by atoms with Gasteiger partial charge in [-0.25, -0.2) is 15.0 Å². The van der Waals surface area contributed by atoms with Crippen molar-refractivity contribution in [2.75, 3.05) is 0 Å². The quantitative estimate of drug-likeness (QED) is 0.229. The van der Waals surface area contributed by atoms with E-state index in [1.54, 1.807) is 0 Å². The molecule has 0 N–H and O–H groups in total. The van der Waals surface area contributed by atoms with E-state index in [4.69, 9.17) is 24.4 Å². The molecule has 0 atom stereocenters. The number of hydrogen-bond donors (Lipinski definition) is 0. The second kappa shape index (κ2) is 9.50. The van der Waals surface area contributed by atoms with Gasteiger partial charge < -0.3 is 4.42 Å². The molecule has 0 spiro atoms. The Morgan fingerprint density at radius 2 is 1.15 bits per heavy atom. The van der Waals surface area contributed by atoms with Crippen molar-refractivity contribution in [2.24, 2.45) is 0 Å². The maximum atomic E-state index is 6.15.